The van der Waals surface area contributed by atoms with Crippen LogP contribution in [0, 0.1) is 18.6 Å². The van der Waals surface area contributed by atoms with E-state index in [1.807, 2.05) is 0 Å². The smallest absolute Gasteiger partial charge is 0.201 e. The summed E-state index contributed by atoms with van der Waals surface area (Å²) in [6.45, 7) is 1.68. The van der Waals surface area contributed by atoms with E-state index in [0.29, 0.717) is 5.56 Å². The van der Waals surface area contributed by atoms with Gasteiger partial charge in [-0.1, -0.05) is 23.7 Å². The summed E-state index contributed by atoms with van der Waals surface area (Å²) in [7, 11) is 1.07. The quantitative estimate of drug-likeness (QED) is 0.389. The summed E-state index contributed by atoms with van der Waals surface area (Å²) in [6, 6.07) is 6.83. The van der Waals surface area contributed by atoms with Crippen molar-refractivity contribution in [3.63, 3.8) is 0 Å². The summed E-state index contributed by atoms with van der Waals surface area (Å²) < 4.78 is 36.0. The third kappa shape index (κ3) is 2.90. The summed E-state index contributed by atoms with van der Waals surface area (Å²) in [5, 5.41) is 23.0. The molecular formula is C22H14ClF2NO5. The zero-order valence-corrected chi connectivity index (χ0v) is 16.9. The molecule has 1 aliphatic rings. The average molecular weight is 446 g/mol. The first-order valence-electron chi connectivity index (χ1n) is 8.94. The van der Waals surface area contributed by atoms with Gasteiger partial charge in [-0.15, -0.1) is 0 Å². The van der Waals surface area contributed by atoms with E-state index in [0.717, 1.165) is 19.2 Å². The van der Waals surface area contributed by atoms with E-state index in [1.54, 1.807) is 19.1 Å². The molecule has 0 amide bonds. The molecule has 6 nitrogen and oxygen atoms in total. The van der Waals surface area contributed by atoms with Crippen molar-refractivity contribution < 1.29 is 33.3 Å². The number of ether oxygens (including phenoxy) is 1. The fraction of sp³-hybridized carbons (Fsp3) is 0.0909. The van der Waals surface area contributed by atoms with Gasteiger partial charge in [0.05, 0.1) is 40.1 Å². The Balaban J connectivity index is 2.03. The molecule has 158 valence electrons. The molecule has 1 aliphatic carbocycles. The molecular weight excluding hydrogens is 432 g/mol. The van der Waals surface area contributed by atoms with Gasteiger partial charge in [0.1, 0.15) is 17.2 Å². The molecule has 3 aromatic carbocycles. The largest absolute Gasteiger partial charge is 0.507 e. The maximum atomic E-state index is 15.6. The van der Waals surface area contributed by atoms with Crippen LogP contribution in [0.5, 0.6) is 17.2 Å². The number of carbonyl (C=O) groups excluding carboxylic acids is 2. The van der Waals surface area contributed by atoms with Crippen molar-refractivity contribution in [1.82, 2.24) is 0 Å². The van der Waals surface area contributed by atoms with Crippen molar-refractivity contribution in [2.24, 2.45) is 0 Å². The number of benzene rings is 3. The highest BCUT2D eigenvalue weighted by Crippen LogP contribution is 2.45. The van der Waals surface area contributed by atoms with Gasteiger partial charge in [-0.2, -0.15) is 0 Å². The van der Waals surface area contributed by atoms with E-state index in [-0.39, 0.29) is 10.7 Å². The van der Waals surface area contributed by atoms with Crippen LogP contribution < -0.4 is 10.1 Å². The zero-order valence-electron chi connectivity index (χ0n) is 16.1. The number of phenolic OH excluding ortho intramolecular Hbond substituents is 2. The topological polar surface area (TPSA) is 95.9 Å². The predicted octanol–water partition coefficient (Wildman–Crippen LogP) is 4.87. The lowest BCUT2D eigenvalue weighted by Gasteiger charge is -2.24. The second-order valence-corrected chi connectivity index (χ2v) is 7.26. The lowest BCUT2D eigenvalue weighted by atomic mass is 9.82. The normalized spacial score (nSPS) is 12.4. The molecule has 3 aromatic rings. The second kappa shape index (κ2) is 7.24. The number of nitrogens with one attached hydrogen (secondary N) is 1. The summed E-state index contributed by atoms with van der Waals surface area (Å²) >= 11 is 6.17. The maximum Gasteiger partial charge on any atom is 0.201 e. The molecule has 0 aromatic heterocycles. The van der Waals surface area contributed by atoms with Crippen LogP contribution >= 0.6 is 11.6 Å². The van der Waals surface area contributed by atoms with Crippen LogP contribution in [-0.4, -0.2) is 28.9 Å². The Morgan fingerprint density at radius 2 is 1.42 bits per heavy atom. The van der Waals surface area contributed by atoms with Gasteiger partial charge in [-0.05, 0) is 30.7 Å². The van der Waals surface area contributed by atoms with E-state index in [2.05, 4.69) is 5.32 Å². The summed E-state index contributed by atoms with van der Waals surface area (Å²) in [5.41, 5.74) is -2.70. The minimum absolute atomic E-state index is 0.204. The molecule has 0 atom stereocenters. The number of aromatic hydroxyl groups is 2. The van der Waals surface area contributed by atoms with Gasteiger partial charge in [0.2, 0.25) is 11.6 Å². The number of rotatable bonds is 3. The Kier molecular flexibility index (Phi) is 4.82. The number of aryl methyl sites for hydroxylation is 1. The third-order valence-electron chi connectivity index (χ3n) is 5.08. The van der Waals surface area contributed by atoms with Crippen molar-refractivity contribution in [2.45, 2.75) is 6.92 Å². The number of carbonyl (C=O) groups is 2. The van der Waals surface area contributed by atoms with Crippen LogP contribution in [0.4, 0.5) is 20.2 Å². The number of hydrogen-bond donors (Lipinski definition) is 3. The number of ketones is 2. The number of phenols is 2. The Labute approximate surface area is 179 Å². The van der Waals surface area contributed by atoms with Crippen LogP contribution in [0.1, 0.15) is 37.4 Å². The van der Waals surface area contributed by atoms with Gasteiger partial charge in [0.25, 0.3) is 0 Å². The average Bonchev–Trinajstić information content (AvgIpc) is 2.72. The molecule has 0 saturated heterocycles. The van der Waals surface area contributed by atoms with Crippen LogP contribution in [0.25, 0.3) is 0 Å². The third-order valence-corrected chi connectivity index (χ3v) is 5.40. The monoisotopic (exact) mass is 445 g/mol. The number of fused-ring (bicyclic) bond motifs is 2. The highest BCUT2D eigenvalue weighted by molar-refractivity contribution is 6.33. The second-order valence-electron chi connectivity index (χ2n) is 6.86. The Bertz CT molecular complexity index is 1290. The Hall–Kier alpha value is -3.65. The fourth-order valence-corrected chi connectivity index (χ4v) is 3.87. The van der Waals surface area contributed by atoms with Gasteiger partial charge in [0.15, 0.2) is 17.4 Å². The van der Waals surface area contributed by atoms with Crippen molar-refractivity contribution in [2.75, 3.05) is 12.4 Å². The fourth-order valence-electron chi connectivity index (χ4n) is 3.60. The predicted molar refractivity (Wildman–Crippen MR) is 109 cm³/mol. The van der Waals surface area contributed by atoms with E-state index in [4.69, 9.17) is 16.3 Å². The molecule has 0 radical (unpaired) electrons. The molecule has 0 spiro atoms. The van der Waals surface area contributed by atoms with Crippen LogP contribution in [-0.2, 0) is 0 Å². The molecule has 0 bridgehead atoms. The number of para-hydroxylation sites is 1. The molecule has 3 N–H and O–H groups in total. The van der Waals surface area contributed by atoms with Gasteiger partial charge < -0.3 is 20.3 Å². The molecule has 0 saturated carbocycles. The molecule has 0 unspecified atom stereocenters. The van der Waals surface area contributed by atoms with Gasteiger partial charge >= 0.3 is 0 Å². The van der Waals surface area contributed by atoms with Crippen molar-refractivity contribution in [1.29, 1.82) is 0 Å². The molecule has 9 heteroatoms. The summed E-state index contributed by atoms with van der Waals surface area (Å²) in [4.78, 5) is 25.9. The Morgan fingerprint density at radius 3 is 1.94 bits per heavy atom. The van der Waals surface area contributed by atoms with E-state index in [1.165, 1.54) is 6.07 Å². The molecule has 0 aliphatic heterocycles. The van der Waals surface area contributed by atoms with E-state index < -0.39 is 68.4 Å². The molecule has 0 heterocycles. The van der Waals surface area contributed by atoms with Crippen LogP contribution in [0.3, 0.4) is 0 Å². The number of hydrogen-bond acceptors (Lipinski definition) is 6. The zero-order chi connectivity index (χ0) is 22.6. The first-order valence-corrected chi connectivity index (χ1v) is 9.32. The first kappa shape index (κ1) is 20.6. The maximum absolute atomic E-state index is 15.6. The van der Waals surface area contributed by atoms with Crippen molar-refractivity contribution in [3.05, 3.63) is 74.8 Å². The number of halogens is 3. The van der Waals surface area contributed by atoms with Gasteiger partial charge in [0, 0.05) is 0 Å². The first-order chi connectivity index (χ1) is 14.7. The summed E-state index contributed by atoms with van der Waals surface area (Å²) in [5.74, 6) is -6.82. The van der Waals surface area contributed by atoms with Crippen molar-refractivity contribution >= 4 is 34.5 Å². The van der Waals surface area contributed by atoms with Crippen LogP contribution in [0.15, 0.2) is 30.3 Å². The highest BCUT2D eigenvalue weighted by atomic mass is 35.5. The number of methoxy groups -OCH3 is 1. The minimum atomic E-state index is -1.29. The minimum Gasteiger partial charge on any atom is -0.507 e. The number of anilines is 2. The van der Waals surface area contributed by atoms with Crippen molar-refractivity contribution in [3.8, 4) is 17.2 Å². The van der Waals surface area contributed by atoms with E-state index >= 15 is 8.78 Å². The molecule has 31 heavy (non-hydrogen) atoms. The molecule has 0 fully saturated rings. The Morgan fingerprint density at radius 1 is 0.871 bits per heavy atom. The van der Waals surface area contributed by atoms with E-state index in [9.17, 15) is 19.8 Å². The standard InChI is InChI=1S/C22H14ClF2NO5/c1-8-4-3-5-9(23)18(8)26-19-16(24)14-15(17(25)22(19)31-2)21(30)13-11(28)7-6-10(27)12(13)20(14)29/h3-7,26-28H,1-2H3. The SMILES string of the molecule is COc1c(F)c2c(c(F)c1Nc1c(C)cccc1Cl)C(=O)c1c(O)ccc(O)c1C2=O. The lowest BCUT2D eigenvalue weighted by molar-refractivity contribution is 0.0966. The van der Waals surface area contributed by atoms with Crippen LogP contribution in [0.2, 0.25) is 5.02 Å². The lowest BCUT2D eigenvalue weighted by Crippen LogP contribution is -2.25. The van der Waals surface area contributed by atoms with Gasteiger partial charge in [-0.3, -0.25) is 9.59 Å². The van der Waals surface area contributed by atoms with Gasteiger partial charge in [-0.25, -0.2) is 8.78 Å². The molecule has 4 rings (SSSR count). The summed E-state index contributed by atoms with van der Waals surface area (Å²) in [6.07, 6.45) is 0. The highest BCUT2D eigenvalue weighted by Gasteiger charge is 2.41.